The summed E-state index contributed by atoms with van der Waals surface area (Å²) in [5, 5.41) is 16.5. The van der Waals surface area contributed by atoms with E-state index in [0.717, 1.165) is 37.2 Å². The molecule has 158 valence electrons. The van der Waals surface area contributed by atoms with Gasteiger partial charge in [0.05, 0.1) is 23.3 Å². The number of para-hydroxylation sites is 1. The van der Waals surface area contributed by atoms with Crippen molar-refractivity contribution < 1.29 is 9.18 Å². The number of benzene rings is 2. The molecule has 0 bridgehead atoms. The maximum Gasteiger partial charge on any atom is 0.238 e. The second-order valence-electron chi connectivity index (χ2n) is 7.89. The van der Waals surface area contributed by atoms with Gasteiger partial charge < -0.3 is 10.6 Å². The molecule has 1 fully saturated rings. The number of fused-ring (bicyclic) bond motifs is 1. The fourth-order valence-electron chi connectivity index (χ4n) is 4.04. The number of carbonyl (C=O) groups is 1. The fraction of sp³-hybridized carbons (Fsp3) is 0.292. The third-order valence-corrected chi connectivity index (χ3v) is 5.61. The molecule has 0 spiro atoms. The monoisotopic (exact) mass is 417 g/mol. The Bertz CT molecular complexity index is 1130. The summed E-state index contributed by atoms with van der Waals surface area (Å²) >= 11 is 0. The van der Waals surface area contributed by atoms with E-state index in [2.05, 4.69) is 26.6 Å². The SMILES string of the molecule is Cc1cc(F)cc2c(NC3CCN(CC(=O)Nc4ccccc4)CC3)c(C#N)cnc12. The Morgan fingerprint density at radius 3 is 2.71 bits per heavy atom. The molecular weight excluding hydrogens is 393 g/mol. The lowest BCUT2D eigenvalue weighted by molar-refractivity contribution is -0.117. The first-order valence-corrected chi connectivity index (χ1v) is 10.4. The summed E-state index contributed by atoms with van der Waals surface area (Å²) in [6, 6.07) is 14.6. The lowest BCUT2D eigenvalue weighted by atomic mass is 10.0. The highest BCUT2D eigenvalue weighted by atomic mass is 19.1. The minimum absolute atomic E-state index is 0.0320. The second kappa shape index (κ2) is 9.11. The number of pyridine rings is 1. The van der Waals surface area contributed by atoms with Gasteiger partial charge in [-0.2, -0.15) is 5.26 Å². The highest BCUT2D eigenvalue weighted by Crippen LogP contribution is 2.30. The normalized spacial score (nSPS) is 14.9. The molecule has 0 aliphatic carbocycles. The first-order valence-electron chi connectivity index (χ1n) is 10.4. The molecule has 2 N–H and O–H groups in total. The average molecular weight is 417 g/mol. The Kier molecular flexibility index (Phi) is 6.10. The van der Waals surface area contributed by atoms with Crippen LogP contribution in [0.4, 0.5) is 15.8 Å². The van der Waals surface area contributed by atoms with Crippen molar-refractivity contribution in [3.8, 4) is 6.07 Å². The van der Waals surface area contributed by atoms with Crippen LogP contribution < -0.4 is 10.6 Å². The van der Waals surface area contributed by atoms with E-state index in [-0.39, 0.29) is 17.8 Å². The number of nitriles is 1. The molecule has 6 nitrogen and oxygen atoms in total. The van der Waals surface area contributed by atoms with E-state index >= 15 is 0 Å². The van der Waals surface area contributed by atoms with Gasteiger partial charge in [0.1, 0.15) is 11.9 Å². The Labute approximate surface area is 180 Å². The maximum absolute atomic E-state index is 14.0. The zero-order valence-electron chi connectivity index (χ0n) is 17.4. The van der Waals surface area contributed by atoms with Crippen molar-refractivity contribution >= 4 is 28.2 Å². The molecule has 31 heavy (non-hydrogen) atoms. The summed E-state index contributed by atoms with van der Waals surface area (Å²) in [4.78, 5) is 18.8. The second-order valence-corrected chi connectivity index (χ2v) is 7.89. The third-order valence-electron chi connectivity index (χ3n) is 5.61. The number of aromatic nitrogens is 1. The van der Waals surface area contributed by atoms with Gasteiger partial charge in [0.2, 0.25) is 5.91 Å². The summed E-state index contributed by atoms with van der Waals surface area (Å²) in [6.45, 7) is 3.68. The first-order chi connectivity index (χ1) is 15.0. The summed E-state index contributed by atoms with van der Waals surface area (Å²) in [6.07, 6.45) is 3.18. The molecule has 2 heterocycles. The number of amides is 1. The van der Waals surface area contributed by atoms with Gasteiger partial charge in [0, 0.05) is 36.4 Å². The van der Waals surface area contributed by atoms with E-state index in [9.17, 15) is 14.4 Å². The number of nitrogens with one attached hydrogen (secondary N) is 2. The van der Waals surface area contributed by atoms with Crippen molar-refractivity contribution in [1.82, 2.24) is 9.88 Å². The van der Waals surface area contributed by atoms with Crippen molar-refractivity contribution in [3.63, 3.8) is 0 Å². The van der Waals surface area contributed by atoms with Crippen LogP contribution in [0, 0.1) is 24.1 Å². The number of rotatable bonds is 5. The summed E-state index contributed by atoms with van der Waals surface area (Å²) < 4.78 is 14.0. The van der Waals surface area contributed by atoms with E-state index < -0.39 is 0 Å². The van der Waals surface area contributed by atoms with Crippen LogP contribution in [0.2, 0.25) is 0 Å². The molecule has 1 aromatic heterocycles. The minimum atomic E-state index is -0.343. The number of aryl methyl sites for hydroxylation is 1. The van der Waals surface area contributed by atoms with Crippen molar-refractivity contribution in [1.29, 1.82) is 5.26 Å². The number of hydrogen-bond donors (Lipinski definition) is 2. The number of piperidine rings is 1. The minimum Gasteiger partial charge on any atom is -0.381 e. The van der Waals surface area contributed by atoms with Crippen LogP contribution in [0.1, 0.15) is 24.0 Å². The first kappa shape index (κ1) is 20.8. The Hall–Kier alpha value is -3.50. The summed E-state index contributed by atoms with van der Waals surface area (Å²) in [5.74, 6) is -0.375. The van der Waals surface area contributed by atoms with Crippen molar-refractivity contribution in [2.75, 3.05) is 30.3 Å². The molecular formula is C24H24FN5O. The number of carbonyl (C=O) groups excluding carboxylic acids is 1. The lowest BCUT2D eigenvalue weighted by Crippen LogP contribution is -2.42. The quantitative estimate of drug-likeness (QED) is 0.654. The topological polar surface area (TPSA) is 81.0 Å². The largest absolute Gasteiger partial charge is 0.381 e. The van der Waals surface area contributed by atoms with Gasteiger partial charge in [-0.15, -0.1) is 0 Å². The Balaban J connectivity index is 1.41. The van der Waals surface area contributed by atoms with Gasteiger partial charge in [0.15, 0.2) is 0 Å². The van der Waals surface area contributed by atoms with Gasteiger partial charge in [-0.25, -0.2) is 4.39 Å². The molecule has 4 rings (SSSR count). The van der Waals surface area contributed by atoms with E-state index in [1.165, 1.54) is 12.1 Å². The average Bonchev–Trinajstić information content (AvgIpc) is 2.76. The molecule has 0 radical (unpaired) electrons. The molecule has 1 amide bonds. The van der Waals surface area contributed by atoms with Gasteiger partial charge in [0.25, 0.3) is 0 Å². The number of nitrogens with zero attached hydrogens (tertiary/aromatic N) is 3. The van der Waals surface area contributed by atoms with Gasteiger partial charge in [-0.1, -0.05) is 18.2 Å². The van der Waals surface area contributed by atoms with Crippen LogP contribution in [-0.2, 0) is 4.79 Å². The maximum atomic E-state index is 14.0. The van der Waals surface area contributed by atoms with E-state index in [0.29, 0.717) is 28.7 Å². The van der Waals surface area contributed by atoms with Crippen LogP contribution in [0.15, 0.2) is 48.7 Å². The number of likely N-dealkylation sites (tertiary alicyclic amines) is 1. The van der Waals surface area contributed by atoms with Crippen LogP contribution in [-0.4, -0.2) is 41.5 Å². The molecule has 0 atom stereocenters. The highest BCUT2D eigenvalue weighted by molar-refractivity contribution is 5.95. The summed E-state index contributed by atoms with van der Waals surface area (Å²) in [5.41, 5.74) is 3.26. The Morgan fingerprint density at radius 1 is 1.26 bits per heavy atom. The van der Waals surface area contributed by atoms with Crippen LogP contribution >= 0.6 is 0 Å². The number of hydrogen-bond acceptors (Lipinski definition) is 5. The molecule has 1 aliphatic heterocycles. The fourth-order valence-corrected chi connectivity index (χ4v) is 4.04. The lowest BCUT2D eigenvalue weighted by Gasteiger charge is -2.32. The summed E-state index contributed by atoms with van der Waals surface area (Å²) in [7, 11) is 0. The molecule has 0 saturated carbocycles. The number of anilines is 2. The van der Waals surface area contributed by atoms with Gasteiger partial charge in [-0.05, 0) is 49.6 Å². The molecule has 2 aromatic carbocycles. The van der Waals surface area contributed by atoms with Crippen LogP contribution in [0.25, 0.3) is 10.9 Å². The third kappa shape index (κ3) is 4.81. The van der Waals surface area contributed by atoms with Crippen molar-refractivity contribution in [3.05, 3.63) is 65.6 Å². The number of halogens is 1. The molecule has 0 unspecified atom stereocenters. The standard InChI is InChI=1S/C24H24FN5O/c1-16-11-18(25)12-21-23(16)27-14-17(13-26)24(21)29-20-7-9-30(10-8-20)15-22(31)28-19-5-3-2-4-6-19/h2-6,11-12,14,20H,7-10,15H2,1H3,(H,27,29)(H,28,31). The van der Waals surface area contributed by atoms with Gasteiger partial charge >= 0.3 is 0 Å². The predicted octanol–water partition coefficient (Wildman–Crippen LogP) is 4.07. The smallest absolute Gasteiger partial charge is 0.238 e. The highest BCUT2D eigenvalue weighted by Gasteiger charge is 2.23. The van der Waals surface area contributed by atoms with E-state index in [4.69, 9.17) is 0 Å². The Morgan fingerprint density at radius 2 is 2.00 bits per heavy atom. The van der Waals surface area contributed by atoms with E-state index in [1.807, 2.05) is 37.3 Å². The van der Waals surface area contributed by atoms with Gasteiger partial charge in [-0.3, -0.25) is 14.7 Å². The van der Waals surface area contributed by atoms with Crippen LogP contribution in [0.3, 0.4) is 0 Å². The molecule has 1 saturated heterocycles. The van der Waals surface area contributed by atoms with Crippen molar-refractivity contribution in [2.45, 2.75) is 25.8 Å². The van der Waals surface area contributed by atoms with E-state index in [1.54, 1.807) is 6.20 Å². The molecule has 3 aromatic rings. The molecule has 7 heteroatoms. The molecule has 1 aliphatic rings. The zero-order valence-corrected chi connectivity index (χ0v) is 17.4. The zero-order chi connectivity index (χ0) is 21.8. The van der Waals surface area contributed by atoms with Crippen LogP contribution in [0.5, 0.6) is 0 Å². The predicted molar refractivity (Wildman–Crippen MR) is 119 cm³/mol. The van der Waals surface area contributed by atoms with Crippen molar-refractivity contribution in [2.24, 2.45) is 0 Å².